The Morgan fingerprint density at radius 2 is 1.08 bits per heavy atom. The van der Waals surface area contributed by atoms with Crippen LogP contribution in [0.3, 0.4) is 0 Å². The van der Waals surface area contributed by atoms with Crippen molar-refractivity contribution in [2.24, 2.45) is 64.9 Å². The van der Waals surface area contributed by atoms with Crippen LogP contribution >= 0.6 is 0 Å². The van der Waals surface area contributed by atoms with E-state index in [1.54, 1.807) is 55.4 Å². The molecule has 10 unspecified atom stereocenters. The van der Waals surface area contributed by atoms with E-state index in [-0.39, 0.29) is 45.1 Å². The number of hydrogen-bond donors (Lipinski definition) is 12. The summed E-state index contributed by atoms with van der Waals surface area (Å²) in [6, 6.07) is -5.65. The first-order chi connectivity index (χ1) is 41.4. The van der Waals surface area contributed by atoms with Crippen LogP contribution in [0.25, 0.3) is 0 Å². The summed E-state index contributed by atoms with van der Waals surface area (Å²) >= 11 is 0. The smallest absolute Gasteiger partial charge is 0.306 e. The van der Waals surface area contributed by atoms with Crippen LogP contribution in [0.2, 0.25) is 0 Å². The molecule has 13 N–H and O–H groups in total. The summed E-state index contributed by atoms with van der Waals surface area (Å²) in [5.41, 5.74) is 6.46. The molecule has 3 aliphatic heterocycles. The third-order valence-electron chi connectivity index (χ3n) is 17.5. The second-order valence-corrected chi connectivity index (χ2v) is 25.9. The van der Waals surface area contributed by atoms with Gasteiger partial charge in [-0.05, 0) is 63.7 Å². The Kier molecular flexibility index (Phi) is 31.1. The van der Waals surface area contributed by atoms with Gasteiger partial charge in [0.05, 0.1) is 61.5 Å². The first kappa shape index (κ1) is 78.0. The van der Waals surface area contributed by atoms with Gasteiger partial charge in [-0.1, -0.05) is 69.2 Å². The van der Waals surface area contributed by atoms with Gasteiger partial charge >= 0.3 is 11.9 Å². The van der Waals surface area contributed by atoms with Crippen molar-refractivity contribution in [3.8, 4) is 0 Å². The zero-order valence-electron chi connectivity index (χ0n) is 53.6. The molecule has 508 valence electrons. The number of carbonyl (C=O) groups excluding carboxylic acids is 9. The lowest BCUT2D eigenvalue weighted by Gasteiger charge is -2.47. The first-order valence-corrected chi connectivity index (χ1v) is 31.0. The fraction of sp³-hybridized carbons (Fsp3) is 0.820. The number of aliphatic carboxylic acids is 2. The zero-order valence-corrected chi connectivity index (χ0v) is 53.6. The summed E-state index contributed by atoms with van der Waals surface area (Å²) in [6.07, 6.45) is -16.6. The van der Waals surface area contributed by atoms with Crippen molar-refractivity contribution in [3.05, 3.63) is 0 Å². The van der Waals surface area contributed by atoms with Crippen LogP contribution in [-0.2, 0) is 71.7 Å². The Hall–Kier alpha value is -5.27. The molecule has 0 aromatic rings. The number of Topliss-reactive ketones (excluding diaryl/α,β-unsaturated/α-hetero) is 5. The van der Waals surface area contributed by atoms with Gasteiger partial charge < -0.3 is 86.4 Å². The van der Waals surface area contributed by atoms with E-state index >= 15 is 0 Å². The maximum Gasteiger partial charge on any atom is 0.306 e. The van der Waals surface area contributed by atoms with Crippen molar-refractivity contribution in [2.45, 2.75) is 239 Å². The van der Waals surface area contributed by atoms with Crippen LogP contribution in [0.1, 0.15) is 148 Å². The van der Waals surface area contributed by atoms with Crippen molar-refractivity contribution >= 4 is 64.5 Å². The van der Waals surface area contributed by atoms with E-state index in [0.717, 1.165) is 0 Å². The summed E-state index contributed by atoms with van der Waals surface area (Å²) in [5, 5.41) is 88.4. The number of aliphatic hydroxyl groups is 6. The van der Waals surface area contributed by atoms with Crippen LogP contribution in [0.5, 0.6) is 0 Å². The highest BCUT2D eigenvalue weighted by atomic mass is 16.7. The van der Waals surface area contributed by atoms with Crippen LogP contribution in [0.15, 0.2) is 0 Å². The van der Waals surface area contributed by atoms with Gasteiger partial charge in [0.15, 0.2) is 41.5 Å². The van der Waals surface area contributed by atoms with Crippen molar-refractivity contribution in [2.75, 3.05) is 19.8 Å². The van der Waals surface area contributed by atoms with Crippen molar-refractivity contribution in [1.29, 1.82) is 0 Å². The topological polar surface area (TPSA) is 452 Å². The Morgan fingerprint density at radius 3 is 1.60 bits per heavy atom. The Balaban J connectivity index is 1.61. The van der Waals surface area contributed by atoms with Crippen LogP contribution in [0.4, 0.5) is 0 Å². The molecule has 0 aromatic carbocycles. The number of aliphatic hydroxyl groups excluding tert-OH is 6. The predicted molar refractivity (Wildman–Crippen MR) is 315 cm³/mol. The second kappa shape index (κ2) is 35.5. The summed E-state index contributed by atoms with van der Waals surface area (Å²) in [6.45, 7) is 19.7. The highest BCUT2D eigenvalue weighted by molar-refractivity contribution is 5.98. The highest BCUT2D eigenvalue weighted by Crippen LogP contribution is 2.35. The molecule has 0 aliphatic carbocycles. The Bertz CT molecular complexity index is 2440. The maximum atomic E-state index is 14.3. The van der Waals surface area contributed by atoms with E-state index < -0.39 is 241 Å². The number of ketones is 5. The van der Waals surface area contributed by atoms with Crippen LogP contribution in [0, 0.1) is 59.2 Å². The second-order valence-electron chi connectivity index (χ2n) is 25.9. The number of nitrogens with two attached hydrogens (primary N) is 1. The van der Waals surface area contributed by atoms with Crippen LogP contribution < -0.4 is 21.7 Å². The normalized spacial score (nSPS) is 27.3. The van der Waals surface area contributed by atoms with Gasteiger partial charge in [0.1, 0.15) is 36.6 Å². The molecule has 3 heterocycles. The number of carboxylic acids is 2. The number of carbonyl (C=O) groups is 11. The van der Waals surface area contributed by atoms with Gasteiger partial charge in [-0.15, -0.1) is 0 Å². The summed E-state index contributed by atoms with van der Waals surface area (Å²) in [4.78, 5) is 148. The van der Waals surface area contributed by atoms with E-state index in [4.69, 9.17) is 29.8 Å². The molecular weight excluding hydrogens is 1170 g/mol. The molecule has 21 atom stereocenters. The zero-order chi connectivity index (χ0) is 67.8. The third kappa shape index (κ3) is 21.7. The van der Waals surface area contributed by atoms with E-state index in [0.29, 0.717) is 6.42 Å². The minimum atomic E-state index is -1.81. The predicted octanol–water partition coefficient (Wildman–Crippen LogP) is -0.426. The molecule has 89 heavy (non-hydrogen) atoms. The number of ether oxygens (including phenoxy) is 4. The molecule has 0 saturated carbocycles. The number of amides is 4. The SMILES string of the molecule is CC(CC(=O)[C@@H]1CCCN1C(=O)C(CC(=O)[C@@H](N)C(C)O[C@H]1OC(CO)[C@H](O)[C@H](O[C@@H]2OC(CO)[C@H](O)[C@H](O)C2O)C1C)C(C)C)C(=O)N[C@@H](C)C(=O)CC(C(=O)N[C@H](C(=O)CC(C(=O)N[C@@H](C)C(=O)CC(CCC(=O)O)C(=O)O)C(C)C)C(C)C)C(C)C. The van der Waals surface area contributed by atoms with E-state index in [9.17, 15) is 88.5 Å². The van der Waals surface area contributed by atoms with Gasteiger partial charge in [0.25, 0.3) is 0 Å². The molecule has 4 amide bonds. The molecule has 28 heteroatoms. The van der Waals surface area contributed by atoms with Gasteiger partial charge in [0, 0.05) is 74.7 Å². The lowest BCUT2D eigenvalue weighted by Crippen LogP contribution is -2.63. The molecule has 3 fully saturated rings. The van der Waals surface area contributed by atoms with E-state index in [2.05, 4.69) is 16.0 Å². The number of carboxylic acid groups (broad SMARTS) is 2. The van der Waals surface area contributed by atoms with E-state index in [1.807, 2.05) is 0 Å². The molecule has 0 radical (unpaired) electrons. The van der Waals surface area contributed by atoms with Gasteiger partial charge in [-0.3, -0.25) is 52.7 Å². The first-order valence-electron chi connectivity index (χ1n) is 31.0. The number of nitrogens with zero attached hydrogens (tertiary/aromatic N) is 1. The molecule has 0 bridgehead atoms. The highest BCUT2D eigenvalue weighted by Gasteiger charge is 2.51. The van der Waals surface area contributed by atoms with Crippen molar-refractivity contribution in [1.82, 2.24) is 20.9 Å². The molecule has 3 rings (SSSR count). The largest absolute Gasteiger partial charge is 0.481 e. The summed E-state index contributed by atoms with van der Waals surface area (Å²) in [5.74, 6) is -15.4. The maximum absolute atomic E-state index is 14.3. The lowest BCUT2D eigenvalue weighted by molar-refractivity contribution is -0.354. The average Bonchev–Trinajstić information content (AvgIpc) is 1.38. The van der Waals surface area contributed by atoms with Gasteiger partial charge in [-0.25, -0.2) is 0 Å². The van der Waals surface area contributed by atoms with E-state index in [1.165, 1.54) is 39.5 Å². The summed E-state index contributed by atoms with van der Waals surface area (Å²) in [7, 11) is 0. The number of rotatable bonds is 37. The fourth-order valence-electron chi connectivity index (χ4n) is 11.3. The monoisotopic (exact) mass is 1270 g/mol. The molecule has 0 aromatic heterocycles. The molecular formula is C61H101N5O23. The third-order valence-corrected chi connectivity index (χ3v) is 17.5. The van der Waals surface area contributed by atoms with Crippen molar-refractivity contribution < 1.29 is 113 Å². The number of nitrogens with one attached hydrogen (secondary N) is 3. The number of hydrogen-bond acceptors (Lipinski definition) is 22. The minimum Gasteiger partial charge on any atom is -0.481 e. The van der Waals surface area contributed by atoms with Crippen LogP contribution in [-0.4, -0.2) is 222 Å². The summed E-state index contributed by atoms with van der Waals surface area (Å²) < 4.78 is 23.3. The minimum absolute atomic E-state index is 0.195. The molecule has 3 aliphatic rings. The molecule has 28 nitrogen and oxygen atoms in total. The molecule has 0 spiro atoms. The fourth-order valence-corrected chi connectivity index (χ4v) is 11.3. The van der Waals surface area contributed by atoms with Crippen molar-refractivity contribution in [3.63, 3.8) is 0 Å². The van der Waals surface area contributed by atoms with Gasteiger partial charge in [0.2, 0.25) is 23.6 Å². The average molecular weight is 1270 g/mol. The van der Waals surface area contributed by atoms with Gasteiger partial charge in [-0.2, -0.15) is 0 Å². The Labute approximate surface area is 520 Å². The lowest BCUT2D eigenvalue weighted by atomic mass is 9.84. The number of likely N-dealkylation sites (tertiary alicyclic amines) is 1. The quantitative estimate of drug-likeness (QED) is 0.0376. The Morgan fingerprint density at radius 1 is 0.584 bits per heavy atom. The molecule has 3 saturated heterocycles. The standard InChI is InChI=1S/C61H101N5O23/c1-26(2)36(57(82)65-49(29(7)8)44(73)22-37(27(3)4)56(81)64-32(11)40(69)20-35(59(84)85)16-17-47(74)75)21-41(70)33(12)63-55(80)30(9)19-42(71)39-15-14-18-66(39)58(83)38(28(5)6)23-43(72)48(62)34(13)86-60-31(10)54(51(77)46(25-68)87-60)89-61-53(79)52(78)50(76)45(24-67)88-61/h26-39,45-46,48-54,60-61,67-68,76-79H,14-25,62H2,1-13H3,(H,63,80)(H,64,81)(H,65,82)(H,74,75)(H,84,85)/t30?,31?,32-,33-,34?,35?,36?,37?,38?,39-,45?,46?,48-,49-,50-,51-,52-,53?,54+,60-,61-/m0/s1.